The van der Waals surface area contributed by atoms with Crippen LogP contribution in [0.2, 0.25) is 0 Å². The Labute approximate surface area is 101 Å². The second-order valence-corrected chi connectivity index (χ2v) is 4.03. The highest BCUT2D eigenvalue weighted by atomic mass is 19.1. The predicted molar refractivity (Wildman–Crippen MR) is 72.5 cm³/mol. The predicted octanol–water partition coefficient (Wildman–Crippen LogP) is 5.12. The summed E-state index contributed by atoms with van der Waals surface area (Å²) in [5, 5.41) is 2.31. The minimum absolute atomic E-state index is 0.0971. The number of halogens is 1. The summed E-state index contributed by atoms with van der Waals surface area (Å²) in [5.74, 6) is -0.0971. The first-order chi connectivity index (χ1) is 8.29. The quantitative estimate of drug-likeness (QED) is 0.635. The van der Waals surface area contributed by atoms with Crippen molar-refractivity contribution in [1.29, 1.82) is 0 Å². The molecule has 0 fully saturated rings. The molecule has 0 radical (unpaired) electrons. The van der Waals surface area contributed by atoms with Crippen molar-refractivity contribution in [3.63, 3.8) is 0 Å². The lowest BCUT2D eigenvalue weighted by Gasteiger charge is -2.00. The summed E-state index contributed by atoms with van der Waals surface area (Å²) in [4.78, 5) is 0. The van der Waals surface area contributed by atoms with Crippen molar-refractivity contribution in [2.24, 2.45) is 0 Å². The van der Waals surface area contributed by atoms with Gasteiger partial charge < -0.3 is 0 Å². The lowest BCUT2D eigenvalue weighted by Crippen LogP contribution is -1.78. The molecule has 0 aromatic heterocycles. The SMILES string of the molecule is C=CCC/C(F)=C/c1ccc2ccccc2c1. The van der Waals surface area contributed by atoms with Crippen molar-refractivity contribution < 1.29 is 4.39 Å². The van der Waals surface area contributed by atoms with Crippen LogP contribution in [0.25, 0.3) is 16.8 Å². The molecular weight excluding hydrogens is 211 g/mol. The first kappa shape index (κ1) is 11.6. The Hall–Kier alpha value is -1.89. The average molecular weight is 226 g/mol. The summed E-state index contributed by atoms with van der Waals surface area (Å²) in [6, 6.07) is 14.0. The zero-order chi connectivity index (χ0) is 12.1. The van der Waals surface area contributed by atoms with Crippen LogP contribution in [-0.4, -0.2) is 0 Å². The fraction of sp³-hybridized carbons (Fsp3) is 0.125. The molecular formula is C16H15F. The van der Waals surface area contributed by atoms with Crippen molar-refractivity contribution in [2.75, 3.05) is 0 Å². The fourth-order valence-corrected chi connectivity index (χ4v) is 1.79. The van der Waals surface area contributed by atoms with Crippen LogP contribution >= 0.6 is 0 Å². The highest BCUT2D eigenvalue weighted by molar-refractivity contribution is 5.84. The maximum atomic E-state index is 13.5. The Morgan fingerprint density at radius 3 is 2.65 bits per heavy atom. The van der Waals surface area contributed by atoms with E-state index in [9.17, 15) is 4.39 Å². The molecule has 0 aliphatic heterocycles. The van der Waals surface area contributed by atoms with Gasteiger partial charge in [-0.2, -0.15) is 0 Å². The third-order valence-corrected chi connectivity index (χ3v) is 2.68. The molecule has 0 amide bonds. The van der Waals surface area contributed by atoms with Crippen LogP contribution in [-0.2, 0) is 0 Å². The van der Waals surface area contributed by atoms with Crippen LogP contribution in [0, 0.1) is 0 Å². The van der Waals surface area contributed by atoms with Gasteiger partial charge in [0.2, 0.25) is 0 Å². The summed E-state index contributed by atoms with van der Waals surface area (Å²) in [7, 11) is 0. The van der Waals surface area contributed by atoms with Gasteiger partial charge in [-0.05, 0) is 34.9 Å². The molecule has 0 saturated heterocycles. The molecule has 2 rings (SSSR count). The second-order valence-electron chi connectivity index (χ2n) is 4.03. The maximum absolute atomic E-state index is 13.5. The van der Waals surface area contributed by atoms with Crippen molar-refractivity contribution in [3.05, 3.63) is 66.5 Å². The van der Waals surface area contributed by atoms with E-state index in [1.807, 2.05) is 36.4 Å². The van der Waals surface area contributed by atoms with Gasteiger partial charge in [-0.1, -0.05) is 42.5 Å². The van der Waals surface area contributed by atoms with E-state index in [0.29, 0.717) is 12.8 Å². The van der Waals surface area contributed by atoms with Gasteiger partial charge in [-0.3, -0.25) is 0 Å². The second kappa shape index (κ2) is 5.44. The molecule has 2 aromatic rings. The summed E-state index contributed by atoms with van der Waals surface area (Å²) in [5.41, 5.74) is 0.908. The lowest BCUT2D eigenvalue weighted by molar-refractivity contribution is 0.600. The summed E-state index contributed by atoms with van der Waals surface area (Å²) >= 11 is 0. The van der Waals surface area contributed by atoms with Crippen LogP contribution in [0.5, 0.6) is 0 Å². The molecule has 0 aliphatic carbocycles. The minimum Gasteiger partial charge on any atom is -0.212 e. The standard InChI is InChI=1S/C16H15F/c1-2-3-8-16(17)12-13-9-10-14-6-4-5-7-15(14)11-13/h2,4-7,9-12H,1,3,8H2/b16-12-. The summed E-state index contributed by atoms with van der Waals surface area (Å²) < 4.78 is 13.5. The van der Waals surface area contributed by atoms with E-state index in [1.54, 1.807) is 12.2 Å². The number of rotatable bonds is 4. The van der Waals surface area contributed by atoms with Gasteiger partial charge in [0.15, 0.2) is 0 Å². The molecule has 0 atom stereocenters. The molecule has 86 valence electrons. The van der Waals surface area contributed by atoms with Gasteiger partial charge in [0.05, 0.1) is 0 Å². The Balaban J connectivity index is 2.27. The van der Waals surface area contributed by atoms with Crippen molar-refractivity contribution in [1.82, 2.24) is 0 Å². The summed E-state index contributed by atoms with van der Waals surface area (Å²) in [6.45, 7) is 3.59. The molecule has 2 aromatic carbocycles. The third-order valence-electron chi connectivity index (χ3n) is 2.68. The molecule has 0 nitrogen and oxygen atoms in total. The van der Waals surface area contributed by atoms with E-state index in [0.717, 1.165) is 10.9 Å². The molecule has 0 aliphatic rings. The maximum Gasteiger partial charge on any atom is 0.101 e. The van der Waals surface area contributed by atoms with E-state index in [-0.39, 0.29) is 5.83 Å². The highest BCUT2D eigenvalue weighted by Gasteiger charge is 1.97. The first-order valence-electron chi connectivity index (χ1n) is 5.75. The zero-order valence-corrected chi connectivity index (χ0v) is 9.70. The number of fused-ring (bicyclic) bond motifs is 1. The van der Waals surface area contributed by atoms with E-state index in [4.69, 9.17) is 0 Å². The monoisotopic (exact) mass is 226 g/mol. The highest BCUT2D eigenvalue weighted by Crippen LogP contribution is 2.19. The van der Waals surface area contributed by atoms with Crippen molar-refractivity contribution in [2.45, 2.75) is 12.8 Å². The molecule has 0 bridgehead atoms. The van der Waals surface area contributed by atoms with Gasteiger partial charge in [0, 0.05) is 6.42 Å². The lowest BCUT2D eigenvalue weighted by atomic mass is 10.1. The average Bonchev–Trinajstić information content (AvgIpc) is 2.36. The third kappa shape index (κ3) is 3.04. The van der Waals surface area contributed by atoms with Crippen LogP contribution < -0.4 is 0 Å². The Kier molecular flexibility index (Phi) is 3.71. The molecule has 0 heterocycles. The van der Waals surface area contributed by atoms with Gasteiger partial charge in [0.25, 0.3) is 0 Å². The van der Waals surface area contributed by atoms with Crippen LogP contribution in [0.1, 0.15) is 18.4 Å². The topological polar surface area (TPSA) is 0 Å². The number of allylic oxidation sites excluding steroid dienone is 2. The largest absolute Gasteiger partial charge is 0.212 e. The summed E-state index contributed by atoms with van der Waals surface area (Å²) in [6.07, 6.45) is 4.43. The minimum atomic E-state index is -0.0971. The Morgan fingerprint density at radius 2 is 1.88 bits per heavy atom. The molecule has 0 saturated carbocycles. The molecule has 0 unspecified atom stereocenters. The van der Waals surface area contributed by atoms with Gasteiger partial charge >= 0.3 is 0 Å². The molecule has 0 spiro atoms. The first-order valence-corrected chi connectivity index (χ1v) is 5.75. The van der Waals surface area contributed by atoms with Crippen LogP contribution in [0.4, 0.5) is 4.39 Å². The van der Waals surface area contributed by atoms with Crippen molar-refractivity contribution in [3.8, 4) is 0 Å². The Bertz CT molecular complexity index is 552. The number of hydrogen-bond acceptors (Lipinski definition) is 0. The number of benzene rings is 2. The smallest absolute Gasteiger partial charge is 0.101 e. The van der Waals surface area contributed by atoms with E-state index in [2.05, 4.69) is 12.6 Å². The molecule has 0 N–H and O–H groups in total. The van der Waals surface area contributed by atoms with Crippen LogP contribution in [0.15, 0.2) is 60.9 Å². The molecule has 17 heavy (non-hydrogen) atoms. The van der Waals surface area contributed by atoms with Gasteiger partial charge in [-0.15, -0.1) is 6.58 Å². The fourth-order valence-electron chi connectivity index (χ4n) is 1.79. The van der Waals surface area contributed by atoms with Crippen molar-refractivity contribution >= 4 is 16.8 Å². The van der Waals surface area contributed by atoms with E-state index in [1.165, 1.54) is 5.39 Å². The van der Waals surface area contributed by atoms with E-state index < -0.39 is 0 Å². The van der Waals surface area contributed by atoms with Gasteiger partial charge in [0.1, 0.15) is 5.83 Å². The normalized spacial score (nSPS) is 11.7. The Morgan fingerprint density at radius 1 is 1.12 bits per heavy atom. The van der Waals surface area contributed by atoms with E-state index >= 15 is 0 Å². The van der Waals surface area contributed by atoms with Gasteiger partial charge in [-0.25, -0.2) is 4.39 Å². The number of hydrogen-bond donors (Lipinski definition) is 0. The van der Waals surface area contributed by atoms with Crippen LogP contribution in [0.3, 0.4) is 0 Å². The molecule has 1 heteroatoms. The zero-order valence-electron chi connectivity index (χ0n) is 9.70.